The molecule has 0 saturated heterocycles. The van der Waals surface area contributed by atoms with Gasteiger partial charge in [-0.1, -0.05) is 36.4 Å². The Hall–Kier alpha value is -3.42. The monoisotopic (exact) mass is 490 g/mol. The summed E-state index contributed by atoms with van der Waals surface area (Å²) < 4.78 is 27.3. The second-order valence-electron chi connectivity index (χ2n) is 8.39. The third kappa shape index (κ3) is 4.36. The number of benzene rings is 3. The van der Waals surface area contributed by atoms with E-state index in [1.54, 1.807) is 18.2 Å². The summed E-state index contributed by atoms with van der Waals surface area (Å²) >= 11 is 1.07. The van der Waals surface area contributed by atoms with Crippen molar-refractivity contribution in [2.45, 2.75) is 37.5 Å². The number of nitrogens with two attached hydrogens (primary N) is 1. The first kappa shape index (κ1) is 23.7. The highest BCUT2D eigenvalue weighted by molar-refractivity contribution is 7.92. The normalized spacial score (nSPS) is 11.4. The zero-order valence-electron chi connectivity index (χ0n) is 19.5. The summed E-state index contributed by atoms with van der Waals surface area (Å²) in [6, 6.07) is 19.5. The molecule has 0 aliphatic heterocycles. The second-order valence-corrected chi connectivity index (χ2v) is 11.3. The minimum Gasteiger partial charge on any atom is -0.396 e. The van der Waals surface area contributed by atoms with E-state index < -0.39 is 9.84 Å². The standard InChI is InChI=1S/C27H26N2O3S2/c1-16-9-8-10-20(13-16)29-27-26(34(31,32)21-11-6-5-7-12-21)23(28)25(33-27)24(30)22-15-18(3)17(2)14-19(22)4/h5-15,29H,28H2,1-4H3. The van der Waals surface area contributed by atoms with E-state index >= 15 is 0 Å². The van der Waals surface area contributed by atoms with Crippen LogP contribution < -0.4 is 11.1 Å². The summed E-state index contributed by atoms with van der Waals surface area (Å²) in [7, 11) is -3.98. The lowest BCUT2D eigenvalue weighted by atomic mass is 9.97. The summed E-state index contributed by atoms with van der Waals surface area (Å²) in [4.78, 5) is 13.8. The number of carbonyl (C=O) groups is 1. The van der Waals surface area contributed by atoms with Gasteiger partial charge in [0.2, 0.25) is 15.6 Å². The van der Waals surface area contributed by atoms with E-state index in [1.807, 2.05) is 64.1 Å². The Morgan fingerprint density at radius 3 is 2.21 bits per heavy atom. The van der Waals surface area contributed by atoms with Crippen LogP contribution in [0.1, 0.15) is 37.5 Å². The van der Waals surface area contributed by atoms with Crippen molar-refractivity contribution in [1.29, 1.82) is 0 Å². The van der Waals surface area contributed by atoms with E-state index in [-0.39, 0.29) is 26.1 Å². The Morgan fingerprint density at radius 1 is 0.853 bits per heavy atom. The van der Waals surface area contributed by atoms with Crippen molar-refractivity contribution in [2.24, 2.45) is 0 Å². The average Bonchev–Trinajstić information content (AvgIpc) is 3.12. The first-order valence-corrected chi connectivity index (χ1v) is 13.1. The summed E-state index contributed by atoms with van der Waals surface area (Å²) in [6.45, 7) is 7.76. The lowest BCUT2D eigenvalue weighted by Crippen LogP contribution is -2.09. The molecule has 5 nitrogen and oxygen atoms in total. The molecule has 4 rings (SSSR count). The number of carbonyl (C=O) groups excluding carboxylic acids is 1. The van der Waals surface area contributed by atoms with Crippen LogP contribution in [0, 0.1) is 27.7 Å². The minimum absolute atomic E-state index is 0.0355. The van der Waals surface area contributed by atoms with E-state index in [0.29, 0.717) is 16.3 Å². The fraction of sp³-hybridized carbons (Fsp3) is 0.148. The van der Waals surface area contributed by atoms with Crippen LogP contribution in [0.3, 0.4) is 0 Å². The minimum atomic E-state index is -3.98. The van der Waals surface area contributed by atoms with E-state index in [9.17, 15) is 13.2 Å². The first-order valence-electron chi connectivity index (χ1n) is 10.8. The number of sulfone groups is 1. The number of aryl methyl sites for hydroxylation is 4. The fourth-order valence-electron chi connectivity index (χ4n) is 3.85. The van der Waals surface area contributed by atoms with Crippen molar-refractivity contribution >= 4 is 43.3 Å². The zero-order valence-corrected chi connectivity index (χ0v) is 21.1. The number of nitrogen functional groups attached to an aromatic ring is 1. The highest BCUT2D eigenvalue weighted by Crippen LogP contribution is 2.44. The lowest BCUT2D eigenvalue weighted by molar-refractivity contribution is 0.104. The van der Waals surface area contributed by atoms with Gasteiger partial charge in [-0.3, -0.25) is 4.79 Å². The lowest BCUT2D eigenvalue weighted by Gasteiger charge is -2.10. The predicted octanol–water partition coefficient (Wildman–Crippen LogP) is 6.37. The molecule has 174 valence electrons. The van der Waals surface area contributed by atoms with Crippen LogP contribution >= 0.6 is 11.3 Å². The number of thiophene rings is 1. The smallest absolute Gasteiger partial charge is 0.211 e. The Balaban J connectivity index is 1.91. The maximum absolute atomic E-state index is 13.6. The Bertz CT molecular complexity index is 1500. The molecule has 3 aromatic carbocycles. The van der Waals surface area contributed by atoms with Crippen molar-refractivity contribution in [3.63, 3.8) is 0 Å². The molecule has 0 aliphatic carbocycles. The molecule has 34 heavy (non-hydrogen) atoms. The third-order valence-electron chi connectivity index (χ3n) is 5.79. The Kier molecular flexibility index (Phi) is 6.34. The van der Waals surface area contributed by atoms with Crippen LogP contribution in [0.15, 0.2) is 76.5 Å². The highest BCUT2D eigenvalue weighted by Gasteiger charge is 2.32. The van der Waals surface area contributed by atoms with Gasteiger partial charge >= 0.3 is 0 Å². The van der Waals surface area contributed by atoms with Gasteiger partial charge in [0.1, 0.15) is 14.8 Å². The molecule has 0 spiro atoms. The summed E-state index contributed by atoms with van der Waals surface area (Å²) in [5.41, 5.74) is 11.5. The van der Waals surface area contributed by atoms with Gasteiger partial charge in [-0.25, -0.2) is 8.42 Å². The van der Waals surface area contributed by atoms with Gasteiger partial charge in [0.15, 0.2) is 0 Å². The van der Waals surface area contributed by atoms with Gasteiger partial charge in [0.25, 0.3) is 0 Å². The molecule has 0 bridgehead atoms. The van der Waals surface area contributed by atoms with Gasteiger partial charge in [-0.2, -0.15) is 0 Å². The van der Waals surface area contributed by atoms with Gasteiger partial charge in [0.05, 0.1) is 10.6 Å². The number of nitrogens with one attached hydrogen (secondary N) is 1. The zero-order chi connectivity index (χ0) is 24.6. The largest absolute Gasteiger partial charge is 0.396 e. The molecule has 0 unspecified atom stereocenters. The predicted molar refractivity (Wildman–Crippen MR) is 139 cm³/mol. The Labute approximate surface area is 204 Å². The quantitative estimate of drug-likeness (QED) is 0.307. The number of ketones is 1. The summed E-state index contributed by atoms with van der Waals surface area (Å²) in [6.07, 6.45) is 0. The van der Waals surface area contributed by atoms with Crippen molar-refractivity contribution < 1.29 is 13.2 Å². The van der Waals surface area contributed by atoms with Crippen LogP contribution in [-0.2, 0) is 9.84 Å². The third-order valence-corrected chi connectivity index (χ3v) is 8.89. The van der Waals surface area contributed by atoms with Crippen LogP contribution in [0.5, 0.6) is 0 Å². The van der Waals surface area contributed by atoms with Gasteiger partial charge in [0, 0.05) is 11.3 Å². The van der Waals surface area contributed by atoms with Crippen molar-refractivity contribution in [2.75, 3.05) is 11.1 Å². The van der Waals surface area contributed by atoms with E-state index in [2.05, 4.69) is 5.32 Å². The molecule has 0 atom stereocenters. The molecule has 1 heterocycles. The molecule has 7 heteroatoms. The second kappa shape index (κ2) is 9.08. The van der Waals surface area contributed by atoms with Crippen LogP contribution in [0.2, 0.25) is 0 Å². The molecular formula is C27H26N2O3S2. The summed E-state index contributed by atoms with van der Waals surface area (Å²) in [5.74, 6) is -0.287. The molecule has 3 N–H and O–H groups in total. The van der Waals surface area contributed by atoms with Crippen LogP contribution in [-0.4, -0.2) is 14.2 Å². The molecule has 0 saturated carbocycles. The number of rotatable bonds is 6. The molecule has 0 amide bonds. The summed E-state index contributed by atoms with van der Waals surface area (Å²) in [5, 5.41) is 3.52. The molecule has 0 fully saturated rings. The first-order chi connectivity index (χ1) is 16.1. The van der Waals surface area contributed by atoms with Gasteiger partial charge in [-0.05, 0) is 80.3 Å². The molecular weight excluding hydrogens is 464 g/mol. The maximum Gasteiger partial charge on any atom is 0.211 e. The number of hydrogen-bond acceptors (Lipinski definition) is 6. The highest BCUT2D eigenvalue weighted by atomic mass is 32.2. The molecule has 0 aliphatic rings. The van der Waals surface area contributed by atoms with E-state index in [0.717, 1.165) is 33.6 Å². The number of hydrogen-bond donors (Lipinski definition) is 2. The van der Waals surface area contributed by atoms with Gasteiger partial charge < -0.3 is 11.1 Å². The van der Waals surface area contributed by atoms with Crippen molar-refractivity contribution in [3.8, 4) is 0 Å². The SMILES string of the molecule is Cc1cccc(Nc2sc(C(=O)c3cc(C)c(C)cc3C)c(N)c2S(=O)(=O)c2ccccc2)c1. The van der Waals surface area contributed by atoms with Crippen molar-refractivity contribution in [3.05, 3.63) is 99.4 Å². The van der Waals surface area contributed by atoms with Crippen LogP contribution in [0.25, 0.3) is 0 Å². The van der Waals surface area contributed by atoms with Crippen molar-refractivity contribution in [1.82, 2.24) is 0 Å². The maximum atomic E-state index is 13.6. The topological polar surface area (TPSA) is 89.3 Å². The average molecular weight is 491 g/mol. The van der Waals surface area contributed by atoms with Gasteiger partial charge in [-0.15, -0.1) is 11.3 Å². The fourth-order valence-corrected chi connectivity index (χ4v) is 6.79. The number of anilines is 3. The Morgan fingerprint density at radius 2 is 1.53 bits per heavy atom. The molecule has 4 aromatic rings. The van der Waals surface area contributed by atoms with E-state index in [1.165, 1.54) is 12.1 Å². The van der Waals surface area contributed by atoms with Crippen LogP contribution in [0.4, 0.5) is 16.4 Å². The molecule has 0 radical (unpaired) electrons. The molecule has 1 aromatic heterocycles. The van der Waals surface area contributed by atoms with E-state index in [4.69, 9.17) is 5.73 Å².